The number of piperidine rings is 1. The molecule has 0 atom stereocenters. The summed E-state index contributed by atoms with van der Waals surface area (Å²) in [5, 5.41) is 0. The Kier molecular flexibility index (Phi) is 4.77. The maximum absolute atomic E-state index is 11.3. The normalized spacial score (nSPS) is 16.0. The Bertz CT molecular complexity index is 473. The second-order valence-corrected chi connectivity index (χ2v) is 5.31. The molecule has 0 aromatic heterocycles. The third kappa shape index (κ3) is 3.59. The second kappa shape index (κ2) is 6.55. The number of hydrogen-bond acceptors (Lipinski definition) is 4. The predicted octanol–water partition coefficient (Wildman–Crippen LogP) is 2.67. The summed E-state index contributed by atoms with van der Waals surface area (Å²) in [5.41, 5.74) is 1.89. The van der Waals surface area contributed by atoms with Gasteiger partial charge >= 0.3 is 5.97 Å². The topological polar surface area (TPSA) is 46.6 Å². The van der Waals surface area contributed by atoms with Crippen LogP contribution in [0.1, 0.15) is 36.5 Å². The van der Waals surface area contributed by atoms with Gasteiger partial charge in [-0.05, 0) is 49.9 Å². The van der Waals surface area contributed by atoms with Gasteiger partial charge < -0.3 is 9.64 Å². The highest BCUT2D eigenvalue weighted by Crippen LogP contribution is 2.25. The van der Waals surface area contributed by atoms with Crippen molar-refractivity contribution in [3.05, 3.63) is 29.8 Å². The monoisotopic (exact) mass is 275 g/mol. The van der Waals surface area contributed by atoms with E-state index in [1.807, 2.05) is 24.3 Å². The zero-order chi connectivity index (χ0) is 14.5. The van der Waals surface area contributed by atoms with Gasteiger partial charge in [-0.25, -0.2) is 0 Å². The highest BCUT2D eigenvalue weighted by Gasteiger charge is 2.22. The van der Waals surface area contributed by atoms with Crippen molar-refractivity contribution >= 4 is 17.4 Å². The van der Waals surface area contributed by atoms with Gasteiger partial charge in [-0.2, -0.15) is 0 Å². The average molecular weight is 275 g/mol. The van der Waals surface area contributed by atoms with E-state index in [0.29, 0.717) is 12.3 Å². The van der Waals surface area contributed by atoms with Crippen LogP contribution in [0.25, 0.3) is 0 Å². The zero-order valence-corrected chi connectivity index (χ0v) is 12.1. The maximum Gasteiger partial charge on any atom is 0.305 e. The van der Waals surface area contributed by atoms with E-state index < -0.39 is 0 Å². The van der Waals surface area contributed by atoms with Crippen LogP contribution in [0.5, 0.6) is 0 Å². The lowest BCUT2D eigenvalue weighted by molar-refractivity contribution is -0.141. The zero-order valence-electron chi connectivity index (χ0n) is 12.1. The average Bonchev–Trinajstić information content (AvgIpc) is 2.48. The van der Waals surface area contributed by atoms with Gasteiger partial charge in [-0.3, -0.25) is 9.59 Å². The molecule has 0 N–H and O–H groups in total. The van der Waals surface area contributed by atoms with Crippen LogP contribution in [0.3, 0.4) is 0 Å². The smallest absolute Gasteiger partial charge is 0.305 e. The molecule has 2 rings (SSSR count). The summed E-state index contributed by atoms with van der Waals surface area (Å²) in [6, 6.07) is 7.74. The van der Waals surface area contributed by atoms with E-state index in [0.717, 1.165) is 37.2 Å². The number of anilines is 1. The molecular weight excluding hydrogens is 254 g/mol. The van der Waals surface area contributed by atoms with Crippen molar-refractivity contribution in [2.45, 2.75) is 26.2 Å². The Morgan fingerprint density at radius 3 is 2.30 bits per heavy atom. The molecular formula is C16H21NO3. The van der Waals surface area contributed by atoms with Crippen molar-refractivity contribution in [1.29, 1.82) is 0 Å². The van der Waals surface area contributed by atoms with Crippen molar-refractivity contribution < 1.29 is 14.3 Å². The second-order valence-electron chi connectivity index (χ2n) is 5.31. The van der Waals surface area contributed by atoms with Gasteiger partial charge in [0.05, 0.1) is 7.11 Å². The van der Waals surface area contributed by atoms with Crippen LogP contribution in [-0.2, 0) is 9.53 Å². The van der Waals surface area contributed by atoms with Crippen molar-refractivity contribution in [2.75, 3.05) is 25.1 Å². The first kappa shape index (κ1) is 14.6. The summed E-state index contributed by atoms with van der Waals surface area (Å²) in [5.74, 6) is 0.401. The highest BCUT2D eigenvalue weighted by molar-refractivity contribution is 5.94. The van der Waals surface area contributed by atoms with E-state index >= 15 is 0 Å². The minimum absolute atomic E-state index is 0.0911. The molecule has 0 radical (unpaired) electrons. The number of hydrogen-bond donors (Lipinski definition) is 0. The molecule has 1 saturated heterocycles. The summed E-state index contributed by atoms with van der Waals surface area (Å²) in [4.78, 5) is 24.8. The number of esters is 1. The highest BCUT2D eigenvalue weighted by atomic mass is 16.5. The molecule has 1 fully saturated rings. The first-order valence-electron chi connectivity index (χ1n) is 7.03. The fourth-order valence-electron chi connectivity index (χ4n) is 2.62. The predicted molar refractivity (Wildman–Crippen MR) is 78.0 cm³/mol. The Labute approximate surface area is 119 Å². The van der Waals surface area contributed by atoms with Gasteiger partial charge in [0.15, 0.2) is 5.78 Å². The number of carbonyl (C=O) groups excluding carboxylic acids is 2. The van der Waals surface area contributed by atoms with Crippen LogP contribution < -0.4 is 4.90 Å². The van der Waals surface area contributed by atoms with Gasteiger partial charge in [0, 0.05) is 30.8 Å². The molecule has 20 heavy (non-hydrogen) atoms. The summed E-state index contributed by atoms with van der Waals surface area (Å²) in [6.07, 6.45) is 2.53. The standard InChI is InChI=1S/C16H21NO3/c1-12(18)14-3-5-15(6-4-14)17-9-7-13(8-10-17)11-16(19)20-2/h3-6,13H,7-11H2,1-2H3. The van der Waals surface area contributed by atoms with E-state index in [1.54, 1.807) is 6.92 Å². The maximum atomic E-state index is 11.3. The third-order valence-electron chi connectivity index (χ3n) is 3.94. The Morgan fingerprint density at radius 1 is 1.20 bits per heavy atom. The van der Waals surface area contributed by atoms with Crippen molar-refractivity contribution in [1.82, 2.24) is 0 Å². The van der Waals surface area contributed by atoms with Crippen molar-refractivity contribution in [2.24, 2.45) is 5.92 Å². The summed E-state index contributed by atoms with van der Waals surface area (Å²) < 4.78 is 4.72. The van der Waals surface area contributed by atoms with Gasteiger partial charge in [-0.1, -0.05) is 0 Å². The van der Waals surface area contributed by atoms with E-state index in [4.69, 9.17) is 4.74 Å². The lowest BCUT2D eigenvalue weighted by Gasteiger charge is -2.33. The molecule has 0 bridgehead atoms. The number of rotatable bonds is 4. The van der Waals surface area contributed by atoms with Crippen LogP contribution in [0, 0.1) is 5.92 Å². The molecule has 1 aliphatic rings. The van der Waals surface area contributed by atoms with Crippen LogP contribution in [-0.4, -0.2) is 32.0 Å². The molecule has 1 aromatic rings. The quantitative estimate of drug-likeness (QED) is 0.626. The van der Waals surface area contributed by atoms with E-state index in [-0.39, 0.29) is 11.8 Å². The van der Waals surface area contributed by atoms with Crippen LogP contribution in [0.4, 0.5) is 5.69 Å². The van der Waals surface area contributed by atoms with Crippen molar-refractivity contribution in [3.8, 4) is 0 Å². The number of nitrogens with zero attached hydrogens (tertiary/aromatic N) is 1. The molecule has 0 amide bonds. The first-order chi connectivity index (χ1) is 9.60. The lowest BCUT2D eigenvalue weighted by atomic mass is 9.93. The number of Topliss-reactive ketones (excluding diaryl/α,β-unsaturated/α-hetero) is 1. The minimum Gasteiger partial charge on any atom is -0.469 e. The fraction of sp³-hybridized carbons (Fsp3) is 0.500. The van der Waals surface area contributed by atoms with Gasteiger partial charge in [-0.15, -0.1) is 0 Å². The van der Waals surface area contributed by atoms with Gasteiger partial charge in [0.1, 0.15) is 0 Å². The minimum atomic E-state index is -0.116. The van der Waals surface area contributed by atoms with Crippen LogP contribution in [0.2, 0.25) is 0 Å². The van der Waals surface area contributed by atoms with E-state index in [2.05, 4.69) is 4.90 Å². The Morgan fingerprint density at radius 2 is 1.80 bits per heavy atom. The molecule has 1 heterocycles. The number of ether oxygens (including phenoxy) is 1. The molecule has 4 nitrogen and oxygen atoms in total. The Balaban J connectivity index is 1.90. The molecule has 0 aliphatic carbocycles. The van der Waals surface area contributed by atoms with Crippen LogP contribution in [0.15, 0.2) is 24.3 Å². The number of methoxy groups -OCH3 is 1. The van der Waals surface area contributed by atoms with E-state index in [9.17, 15) is 9.59 Å². The molecule has 4 heteroatoms. The van der Waals surface area contributed by atoms with Crippen molar-refractivity contribution in [3.63, 3.8) is 0 Å². The molecule has 1 aromatic carbocycles. The summed E-state index contributed by atoms with van der Waals surface area (Å²) in [7, 11) is 1.44. The molecule has 0 saturated carbocycles. The molecule has 1 aliphatic heterocycles. The lowest BCUT2D eigenvalue weighted by Crippen LogP contribution is -2.34. The number of benzene rings is 1. The first-order valence-corrected chi connectivity index (χ1v) is 7.03. The van der Waals surface area contributed by atoms with Crippen LogP contribution >= 0.6 is 0 Å². The molecule has 0 spiro atoms. The molecule has 0 unspecified atom stereocenters. The van der Waals surface area contributed by atoms with Gasteiger partial charge in [0.2, 0.25) is 0 Å². The molecule has 108 valence electrons. The SMILES string of the molecule is COC(=O)CC1CCN(c2ccc(C(C)=O)cc2)CC1. The summed E-state index contributed by atoms with van der Waals surface area (Å²) in [6.45, 7) is 3.47. The largest absolute Gasteiger partial charge is 0.469 e. The number of ketones is 1. The van der Waals surface area contributed by atoms with E-state index in [1.165, 1.54) is 7.11 Å². The Hall–Kier alpha value is -1.84. The number of carbonyl (C=O) groups is 2. The fourth-order valence-corrected chi connectivity index (χ4v) is 2.62. The summed E-state index contributed by atoms with van der Waals surface area (Å²) >= 11 is 0. The van der Waals surface area contributed by atoms with Gasteiger partial charge in [0.25, 0.3) is 0 Å². The third-order valence-corrected chi connectivity index (χ3v) is 3.94.